The fraction of sp³-hybridized carbons (Fsp3) is 0.462. The first-order valence-corrected chi connectivity index (χ1v) is 6.58. The number of hydrogen-bond acceptors (Lipinski definition) is 4. The Balaban J connectivity index is 2.02. The van der Waals surface area contributed by atoms with Crippen LogP contribution in [-0.4, -0.2) is 32.9 Å². The normalized spacial score (nSPS) is 18.7. The van der Waals surface area contributed by atoms with Crippen LogP contribution in [0, 0.1) is 5.92 Å². The van der Waals surface area contributed by atoms with Crippen molar-refractivity contribution < 1.29 is 19.0 Å². The Morgan fingerprint density at radius 2 is 2.33 bits per heavy atom. The van der Waals surface area contributed by atoms with Crippen LogP contribution in [0.5, 0.6) is 5.75 Å². The molecule has 1 unspecified atom stereocenters. The van der Waals surface area contributed by atoms with Gasteiger partial charge in [-0.3, -0.25) is 0 Å². The SMILES string of the molecule is COC(=O)c1cc(Br)cc(OCC2CCOC2)c1. The van der Waals surface area contributed by atoms with Gasteiger partial charge in [-0.1, -0.05) is 15.9 Å². The maximum atomic E-state index is 11.5. The first kappa shape index (κ1) is 13.4. The average molecular weight is 315 g/mol. The molecular formula is C13H15BrO4. The van der Waals surface area contributed by atoms with Crippen LogP contribution in [0.25, 0.3) is 0 Å². The highest BCUT2D eigenvalue weighted by Gasteiger charge is 2.16. The molecule has 1 aromatic rings. The molecule has 5 heteroatoms. The van der Waals surface area contributed by atoms with Crippen LogP contribution in [0.2, 0.25) is 0 Å². The Labute approximate surface area is 114 Å². The summed E-state index contributed by atoms with van der Waals surface area (Å²) in [6.07, 6.45) is 1.03. The van der Waals surface area contributed by atoms with E-state index in [1.165, 1.54) is 7.11 Å². The Morgan fingerprint density at radius 1 is 1.50 bits per heavy atom. The molecule has 1 aliphatic heterocycles. The third-order valence-electron chi connectivity index (χ3n) is 2.80. The number of carbonyl (C=O) groups is 1. The summed E-state index contributed by atoms with van der Waals surface area (Å²) < 4.78 is 16.5. The van der Waals surface area contributed by atoms with Gasteiger partial charge in [0.05, 0.1) is 25.9 Å². The molecule has 0 amide bonds. The Hall–Kier alpha value is -1.07. The summed E-state index contributed by atoms with van der Waals surface area (Å²) in [5.74, 6) is 0.729. The van der Waals surface area contributed by atoms with Crippen molar-refractivity contribution in [3.63, 3.8) is 0 Å². The number of carbonyl (C=O) groups excluding carboxylic acids is 1. The fourth-order valence-electron chi connectivity index (χ4n) is 1.81. The molecule has 1 saturated heterocycles. The zero-order chi connectivity index (χ0) is 13.0. The smallest absolute Gasteiger partial charge is 0.338 e. The Morgan fingerprint density at radius 3 is 3.00 bits per heavy atom. The lowest BCUT2D eigenvalue weighted by Crippen LogP contribution is -2.12. The van der Waals surface area contributed by atoms with Crippen LogP contribution in [0.4, 0.5) is 0 Å². The number of ether oxygens (including phenoxy) is 3. The molecule has 18 heavy (non-hydrogen) atoms. The number of esters is 1. The van der Waals surface area contributed by atoms with Crippen molar-refractivity contribution in [1.29, 1.82) is 0 Å². The van der Waals surface area contributed by atoms with Gasteiger partial charge in [-0.15, -0.1) is 0 Å². The van der Waals surface area contributed by atoms with Crippen molar-refractivity contribution in [1.82, 2.24) is 0 Å². The zero-order valence-corrected chi connectivity index (χ0v) is 11.7. The topological polar surface area (TPSA) is 44.8 Å². The molecule has 0 aromatic heterocycles. The molecule has 0 bridgehead atoms. The van der Waals surface area contributed by atoms with Gasteiger partial charge in [-0.2, -0.15) is 0 Å². The van der Waals surface area contributed by atoms with Crippen molar-refractivity contribution in [2.45, 2.75) is 6.42 Å². The van der Waals surface area contributed by atoms with Gasteiger partial charge in [0.1, 0.15) is 5.75 Å². The lowest BCUT2D eigenvalue weighted by molar-refractivity contribution is 0.0600. The van der Waals surface area contributed by atoms with E-state index in [1.54, 1.807) is 12.1 Å². The molecule has 1 fully saturated rings. The maximum absolute atomic E-state index is 11.5. The van der Waals surface area contributed by atoms with E-state index in [0.29, 0.717) is 23.8 Å². The minimum absolute atomic E-state index is 0.370. The van der Waals surface area contributed by atoms with E-state index in [1.807, 2.05) is 6.07 Å². The van der Waals surface area contributed by atoms with Gasteiger partial charge in [0, 0.05) is 17.0 Å². The maximum Gasteiger partial charge on any atom is 0.338 e. The third kappa shape index (κ3) is 3.46. The summed E-state index contributed by atoms with van der Waals surface area (Å²) in [5, 5.41) is 0. The lowest BCUT2D eigenvalue weighted by Gasteiger charge is -2.11. The van der Waals surface area contributed by atoms with Crippen molar-refractivity contribution in [3.05, 3.63) is 28.2 Å². The molecule has 0 saturated carbocycles. The van der Waals surface area contributed by atoms with Gasteiger partial charge in [-0.05, 0) is 24.6 Å². The summed E-state index contributed by atoms with van der Waals surface area (Å²) in [6.45, 7) is 2.16. The highest BCUT2D eigenvalue weighted by Crippen LogP contribution is 2.23. The van der Waals surface area contributed by atoms with Gasteiger partial charge < -0.3 is 14.2 Å². The Bertz CT molecular complexity index is 427. The van der Waals surface area contributed by atoms with Gasteiger partial charge in [0.25, 0.3) is 0 Å². The molecule has 2 rings (SSSR count). The molecule has 1 aromatic carbocycles. The van der Waals surface area contributed by atoms with Crippen LogP contribution in [0.1, 0.15) is 16.8 Å². The second-order valence-corrected chi connectivity index (χ2v) is 5.12. The summed E-state index contributed by atoms with van der Waals surface area (Å²) in [6, 6.07) is 5.23. The average Bonchev–Trinajstić information content (AvgIpc) is 2.88. The molecule has 0 N–H and O–H groups in total. The highest BCUT2D eigenvalue weighted by atomic mass is 79.9. The minimum Gasteiger partial charge on any atom is -0.493 e. The van der Waals surface area contributed by atoms with Crippen LogP contribution < -0.4 is 4.74 Å². The van der Waals surface area contributed by atoms with Gasteiger partial charge in [-0.25, -0.2) is 4.79 Å². The molecule has 1 atom stereocenters. The monoisotopic (exact) mass is 314 g/mol. The van der Waals surface area contributed by atoms with Gasteiger partial charge >= 0.3 is 5.97 Å². The van der Waals surface area contributed by atoms with Crippen molar-refractivity contribution in [3.8, 4) is 5.75 Å². The highest BCUT2D eigenvalue weighted by molar-refractivity contribution is 9.10. The van der Waals surface area contributed by atoms with Crippen LogP contribution in [0.3, 0.4) is 0 Å². The summed E-state index contributed by atoms with van der Waals surface area (Å²) >= 11 is 3.35. The number of methoxy groups -OCH3 is 1. The Kier molecular flexibility index (Phi) is 4.60. The van der Waals surface area contributed by atoms with Crippen LogP contribution in [-0.2, 0) is 9.47 Å². The largest absolute Gasteiger partial charge is 0.493 e. The fourth-order valence-corrected chi connectivity index (χ4v) is 2.28. The predicted octanol–water partition coefficient (Wildman–Crippen LogP) is 2.65. The summed E-state index contributed by atoms with van der Waals surface area (Å²) in [4.78, 5) is 11.5. The first-order chi connectivity index (χ1) is 8.69. The number of benzene rings is 1. The molecule has 1 aliphatic rings. The lowest BCUT2D eigenvalue weighted by atomic mass is 10.1. The minimum atomic E-state index is -0.370. The van der Waals surface area contributed by atoms with E-state index in [4.69, 9.17) is 9.47 Å². The van der Waals surface area contributed by atoms with E-state index in [0.717, 1.165) is 24.1 Å². The summed E-state index contributed by atoms with van der Waals surface area (Å²) in [7, 11) is 1.36. The zero-order valence-electron chi connectivity index (χ0n) is 10.1. The van der Waals surface area contributed by atoms with Crippen LogP contribution in [0.15, 0.2) is 22.7 Å². The first-order valence-electron chi connectivity index (χ1n) is 5.78. The quantitative estimate of drug-likeness (QED) is 0.801. The van der Waals surface area contributed by atoms with Crippen molar-refractivity contribution in [2.24, 2.45) is 5.92 Å². The second kappa shape index (κ2) is 6.20. The molecule has 1 heterocycles. The van der Waals surface area contributed by atoms with E-state index in [-0.39, 0.29) is 5.97 Å². The summed E-state index contributed by atoms with van der Waals surface area (Å²) in [5.41, 5.74) is 0.476. The number of hydrogen-bond donors (Lipinski definition) is 0. The molecule has 0 aliphatic carbocycles. The van der Waals surface area contributed by atoms with E-state index < -0.39 is 0 Å². The van der Waals surface area contributed by atoms with E-state index >= 15 is 0 Å². The predicted molar refractivity (Wildman–Crippen MR) is 69.9 cm³/mol. The molecule has 98 valence electrons. The van der Waals surface area contributed by atoms with Crippen molar-refractivity contribution >= 4 is 21.9 Å². The molecule has 0 spiro atoms. The van der Waals surface area contributed by atoms with Gasteiger partial charge in [0.15, 0.2) is 0 Å². The molecule has 4 nitrogen and oxygen atoms in total. The number of halogens is 1. The van der Waals surface area contributed by atoms with E-state index in [2.05, 4.69) is 20.7 Å². The van der Waals surface area contributed by atoms with Crippen LogP contribution >= 0.6 is 15.9 Å². The van der Waals surface area contributed by atoms with E-state index in [9.17, 15) is 4.79 Å². The van der Waals surface area contributed by atoms with Gasteiger partial charge in [0.2, 0.25) is 0 Å². The third-order valence-corrected chi connectivity index (χ3v) is 3.26. The second-order valence-electron chi connectivity index (χ2n) is 4.21. The molecule has 0 radical (unpaired) electrons. The van der Waals surface area contributed by atoms with Crippen molar-refractivity contribution in [2.75, 3.05) is 26.9 Å². The number of rotatable bonds is 4. The molecular weight excluding hydrogens is 300 g/mol. The standard InChI is InChI=1S/C13H15BrO4/c1-16-13(15)10-4-11(14)6-12(5-10)18-8-9-2-3-17-7-9/h4-6,9H,2-3,7-8H2,1H3.